The Labute approximate surface area is 178 Å². The van der Waals surface area contributed by atoms with Crippen LogP contribution in [0.3, 0.4) is 0 Å². The summed E-state index contributed by atoms with van der Waals surface area (Å²) in [5, 5.41) is 0. The fourth-order valence-corrected chi connectivity index (χ4v) is 5.58. The number of hydrogen-bond acceptors (Lipinski definition) is 4. The minimum Gasteiger partial charge on any atom is -0.427 e. The molecule has 7 rings (SSSR count). The highest BCUT2D eigenvalue weighted by molar-refractivity contribution is 6.23. The van der Waals surface area contributed by atoms with E-state index in [2.05, 4.69) is 22.8 Å². The Hall–Kier alpha value is -3.80. The van der Waals surface area contributed by atoms with Gasteiger partial charge in [-0.05, 0) is 29.8 Å². The molecule has 2 amide bonds. The molecule has 2 aromatic carbocycles. The number of benzene rings is 2. The van der Waals surface area contributed by atoms with E-state index in [0.717, 1.165) is 16.8 Å². The zero-order valence-electron chi connectivity index (χ0n) is 16.8. The van der Waals surface area contributed by atoms with Crippen LogP contribution in [0.4, 0.5) is 5.69 Å². The van der Waals surface area contributed by atoms with E-state index in [0.29, 0.717) is 11.4 Å². The van der Waals surface area contributed by atoms with Gasteiger partial charge in [0.25, 0.3) is 0 Å². The van der Waals surface area contributed by atoms with E-state index in [4.69, 9.17) is 4.74 Å². The molecule has 0 saturated carbocycles. The van der Waals surface area contributed by atoms with Crippen LogP contribution in [0.1, 0.15) is 35.7 Å². The molecule has 4 atom stereocenters. The Bertz CT molecular complexity index is 1150. The molecule has 0 spiro atoms. The van der Waals surface area contributed by atoms with Crippen LogP contribution in [0, 0.1) is 11.8 Å². The fourth-order valence-electron chi connectivity index (χ4n) is 5.58. The fraction of sp³-hybridized carbons (Fsp3) is 0.200. The van der Waals surface area contributed by atoms with Crippen molar-refractivity contribution >= 4 is 23.5 Å². The molecule has 6 nitrogen and oxygen atoms in total. The Morgan fingerprint density at radius 2 is 1.55 bits per heavy atom. The van der Waals surface area contributed by atoms with Gasteiger partial charge in [0.15, 0.2) is 17.9 Å². The molecule has 0 unspecified atom stereocenters. The number of pyridine rings is 1. The molecular weight excluding hydrogens is 392 g/mol. The SMILES string of the molecule is CC(=O)Oc1ccc(N2C(=O)[C@@H]3[C@@H]4c5ccccc5[C@@H]([C@@H]3C2=O)[n+]2ccccc24)cc1. The van der Waals surface area contributed by atoms with E-state index in [9.17, 15) is 14.4 Å². The van der Waals surface area contributed by atoms with Crippen LogP contribution in [0.5, 0.6) is 5.75 Å². The average Bonchev–Trinajstić information content (AvgIpc) is 3.05. The van der Waals surface area contributed by atoms with Gasteiger partial charge < -0.3 is 4.74 Å². The summed E-state index contributed by atoms with van der Waals surface area (Å²) in [4.78, 5) is 39.8. The highest BCUT2D eigenvalue weighted by atomic mass is 16.5. The molecule has 6 heteroatoms. The maximum atomic E-state index is 13.6. The molecule has 4 aliphatic rings. The molecule has 1 fully saturated rings. The molecular formula is C25H19N2O4+. The molecule has 0 radical (unpaired) electrons. The minimum absolute atomic E-state index is 0.158. The van der Waals surface area contributed by atoms with E-state index in [1.54, 1.807) is 24.3 Å². The predicted octanol–water partition coefficient (Wildman–Crippen LogP) is 2.75. The van der Waals surface area contributed by atoms with Gasteiger partial charge in [-0.2, -0.15) is 4.57 Å². The Morgan fingerprint density at radius 3 is 2.29 bits per heavy atom. The van der Waals surface area contributed by atoms with Crippen LogP contribution in [0.25, 0.3) is 0 Å². The summed E-state index contributed by atoms with van der Waals surface area (Å²) in [5.41, 5.74) is 3.82. The summed E-state index contributed by atoms with van der Waals surface area (Å²) in [5.74, 6) is -1.42. The van der Waals surface area contributed by atoms with Crippen molar-refractivity contribution in [2.75, 3.05) is 4.90 Å². The molecule has 31 heavy (non-hydrogen) atoms. The summed E-state index contributed by atoms with van der Waals surface area (Å²) in [6.07, 6.45) is 2.01. The van der Waals surface area contributed by atoms with E-state index >= 15 is 0 Å². The number of esters is 1. The maximum Gasteiger partial charge on any atom is 0.308 e. The molecule has 1 saturated heterocycles. The monoisotopic (exact) mass is 411 g/mol. The number of aromatic nitrogens is 1. The minimum atomic E-state index is -0.444. The standard InChI is InChI=1S/C25H19N2O4/c1-14(28)31-16-11-9-15(10-12-16)27-24(29)21-20-17-6-2-3-7-18(17)23(22(21)25(27)30)26-13-5-4-8-19(20)26/h2-13,20-23H,1H3/q+1/t20-,21-,22-,23+/m1/s1. The number of carbonyl (C=O) groups is 3. The second kappa shape index (κ2) is 6.35. The first-order valence-corrected chi connectivity index (χ1v) is 10.3. The van der Waals surface area contributed by atoms with Gasteiger partial charge >= 0.3 is 5.97 Å². The number of ether oxygens (including phenoxy) is 1. The third-order valence-corrected chi connectivity index (χ3v) is 6.64. The number of anilines is 1. The van der Waals surface area contributed by atoms with Crippen molar-refractivity contribution in [1.82, 2.24) is 0 Å². The van der Waals surface area contributed by atoms with Gasteiger partial charge in [0.2, 0.25) is 11.8 Å². The van der Waals surface area contributed by atoms with Gasteiger partial charge in [-0.1, -0.05) is 30.3 Å². The van der Waals surface area contributed by atoms with Crippen LogP contribution >= 0.6 is 0 Å². The lowest BCUT2D eigenvalue weighted by Gasteiger charge is -2.40. The molecule has 1 aromatic heterocycles. The highest BCUT2D eigenvalue weighted by Crippen LogP contribution is 2.55. The zero-order valence-corrected chi connectivity index (χ0v) is 16.8. The highest BCUT2D eigenvalue weighted by Gasteiger charge is 2.66. The van der Waals surface area contributed by atoms with Crippen LogP contribution in [-0.2, 0) is 14.4 Å². The van der Waals surface area contributed by atoms with Crippen LogP contribution in [0.15, 0.2) is 72.9 Å². The van der Waals surface area contributed by atoms with E-state index in [-0.39, 0.29) is 23.8 Å². The normalized spacial score (nSPS) is 25.1. The van der Waals surface area contributed by atoms with Crippen LogP contribution in [-0.4, -0.2) is 17.8 Å². The van der Waals surface area contributed by atoms with Gasteiger partial charge in [-0.3, -0.25) is 14.4 Å². The number of amides is 2. The lowest BCUT2D eigenvalue weighted by atomic mass is 9.63. The number of rotatable bonds is 2. The number of hydrogen-bond donors (Lipinski definition) is 0. The summed E-state index contributed by atoms with van der Waals surface area (Å²) in [7, 11) is 0. The molecule has 2 bridgehead atoms. The third-order valence-electron chi connectivity index (χ3n) is 6.64. The summed E-state index contributed by atoms with van der Waals surface area (Å²) < 4.78 is 7.24. The van der Waals surface area contributed by atoms with Gasteiger partial charge in [-0.15, -0.1) is 0 Å². The van der Waals surface area contributed by atoms with Gasteiger partial charge in [0.1, 0.15) is 11.7 Å². The number of nitrogens with zero attached hydrogens (tertiary/aromatic N) is 2. The van der Waals surface area contributed by atoms with Crippen LogP contribution in [0.2, 0.25) is 0 Å². The maximum absolute atomic E-state index is 13.6. The van der Waals surface area contributed by atoms with Gasteiger partial charge in [0, 0.05) is 24.6 Å². The van der Waals surface area contributed by atoms with Crippen LogP contribution < -0.4 is 14.2 Å². The molecule has 3 aliphatic heterocycles. The van der Waals surface area contributed by atoms with E-state index in [1.165, 1.54) is 11.8 Å². The smallest absolute Gasteiger partial charge is 0.308 e. The largest absolute Gasteiger partial charge is 0.427 e. The molecule has 152 valence electrons. The Morgan fingerprint density at radius 1 is 0.871 bits per heavy atom. The van der Waals surface area contributed by atoms with Crippen molar-refractivity contribution in [3.8, 4) is 5.75 Å². The Balaban J connectivity index is 1.46. The van der Waals surface area contributed by atoms with Crippen molar-refractivity contribution in [1.29, 1.82) is 0 Å². The molecule has 0 N–H and O–H groups in total. The second-order valence-electron chi connectivity index (χ2n) is 8.24. The molecule has 3 aromatic rings. The number of imide groups is 1. The summed E-state index contributed by atoms with van der Waals surface area (Å²) in [6.45, 7) is 1.33. The topological polar surface area (TPSA) is 67.6 Å². The lowest BCUT2D eigenvalue weighted by Crippen LogP contribution is -2.59. The quantitative estimate of drug-likeness (QED) is 0.282. The van der Waals surface area contributed by atoms with Crippen molar-refractivity contribution in [3.05, 3.63) is 89.7 Å². The van der Waals surface area contributed by atoms with Crippen molar-refractivity contribution in [2.24, 2.45) is 11.8 Å². The van der Waals surface area contributed by atoms with E-state index in [1.807, 2.05) is 30.5 Å². The molecule has 4 heterocycles. The van der Waals surface area contributed by atoms with Crippen molar-refractivity contribution < 1.29 is 23.7 Å². The zero-order chi connectivity index (χ0) is 21.3. The van der Waals surface area contributed by atoms with Crippen molar-refractivity contribution in [3.63, 3.8) is 0 Å². The van der Waals surface area contributed by atoms with Gasteiger partial charge in [-0.25, -0.2) is 4.90 Å². The first kappa shape index (κ1) is 18.0. The first-order valence-electron chi connectivity index (χ1n) is 10.3. The summed E-state index contributed by atoms with van der Waals surface area (Å²) >= 11 is 0. The van der Waals surface area contributed by atoms with E-state index < -0.39 is 17.8 Å². The van der Waals surface area contributed by atoms with Crippen molar-refractivity contribution in [2.45, 2.75) is 18.9 Å². The average molecular weight is 411 g/mol. The number of carbonyl (C=O) groups excluding carboxylic acids is 3. The third kappa shape index (κ3) is 2.39. The summed E-state index contributed by atoms with van der Waals surface area (Å²) in [6, 6.07) is 20.4. The second-order valence-corrected chi connectivity index (χ2v) is 8.24. The predicted molar refractivity (Wildman–Crippen MR) is 110 cm³/mol. The molecule has 1 aliphatic carbocycles. The Kier molecular flexibility index (Phi) is 3.69. The van der Waals surface area contributed by atoms with Gasteiger partial charge in [0.05, 0.1) is 17.5 Å². The lowest BCUT2D eigenvalue weighted by molar-refractivity contribution is -0.736. The first-order chi connectivity index (χ1) is 15.1.